The third kappa shape index (κ3) is 2.25. The van der Waals surface area contributed by atoms with Crippen LogP contribution in [0.2, 0.25) is 5.02 Å². The number of nitrogens with zero attached hydrogens (tertiary/aromatic N) is 1. The van der Waals surface area contributed by atoms with Gasteiger partial charge in [0.15, 0.2) is 0 Å². The Labute approximate surface area is 112 Å². The van der Waals surface area contributed by atoms with Gasteiger partial charge < -0.3 is 4.74 Å². The molecule has 0 N–H and O–H groups in total. The van der Waals surface area contributed by atoms with E-state index in [1.807, 2.05) is 0 Å². The van der Waals surface area contributed by atoms with Gasteiger partial charge in [-0.3, -0.25) is 9.69 Å². The van der Waals surface area contributed by atoms with Crippen molar-refractivity contribution in [2.24, 2.45) is 5.92 Å². The van der Waals surface area contributed by atoms with Crippen LogP contribution in [-0.4, -0.2) is 36.9 Å². The van der Waals surface area contributed by atoms with E-state index in [1.165, 1.54) is 25.9 Å². The third-order valence-electron chi connectivity index (χ3n) is 3.97. The molecule has 0 amide bonds. The van der Waals surface area contributed by atoms with Gasteiger partial charge in [0.1, 0.15) is 18.1 Å². The van der Waals surface area contributed by atoms with Crippen molar-refractivity contribution in [2.75, 3.05) is 19.6 Å². The molecule has 1 aromatic carbocycles. The second-order valence-electron chi connectivity index (χ2n) is 5.10. The van der Waals surface area contributed by atoms with Crippen LogP contribution in [0, 0.1) is 5.92 Å². The van der Waals surface area contributed by atoms with Crippen LogP contribution in [0.3, 0.4) is 0 Å². The van der Waals surface area contributed by atoms with Crippen LogP contribution in [0.15, 0.2) is 18.2 Å². The largest absolute Gasteiger partial charge is 0.487 e. The first-order chi connectivity index (χ1) is 8.76. The van der Waals surface area contributed by atoms with Crippen LogP contribution in [0.25, 0.3) is 0 Å². The molecule has 3 nitrogen and oxygen atoms in total. The highest BCUT2D eigenvalue weighted by atomic mass is 35.5. The van der Waals surface area contributed by atoms with Gasteiger partial charge in [0.2, 0.25) is 0 Å². The van der Waals surface area contributed by atoms with E-state index >= 15 is 0 Å². The molecule has 3 fully saturated rings. The van der Waals surface area contributed by atoms with Gasteiger partial charge in [-0.1, -0.05) is 11.6 Å². The fourth-order valence-electron chi connectivity index (χ4n) is 2.89. The summed E-state index contributed by atoms with van der Waals surface area (Å²) in [5.41, 5.74) is 0.585. The van der Waals surface area contributed by atoms with Crippen molar-refractivity contribution < 1.29 is 9.53 Å². The maximum atomic E-state index is 10.7. The van der Waals surface area contributed by atoms with Gasteiger partial charge in [-0.2, -0.15) is 0 Å². The molecule has 3 aliphatic rings. The van der Waals surface area contributed by atoms with E-state index in [2.05, 4.69) is 4.90 Å². The summed E-state index contributed by atoms with van der Waals surface area (Å²) in [6, 6.07) is 5.20. The number of piperidine rings is 3. The lowest BCUT2D eigenvalue weighted by atomic mass is 9.86. The quantitative estimate of drug-likeness (QED) is 0.787. The Kier molecular flexibility index (Phi) is 3.27. The van der Waals surface area contributed by atoms with Crippen LogP contribution in [0.4, 0.5) is 0 Å². The maximum absolute atomic E-state index is 10.7. The fraction of sp³-hybridized carbons (Fsp3) is 0.500. The number of rotatable bonds is 3. The number of hydrogen-bond donors (Lipinski definition) is 0. The van der Waals surface area contributed by atoms with Crippen molar-refractivity contribution >= 4 is 17.9 Å². The summed E-state index contributed by atoms with van der Waals surface area (Å²) in [6.07, 6.45) is 3.47. The van der Waals surface area contributed by atoms with Crippen molar-refractivity contribution in [3.63, 3.8) is 0 Å². The summed E-state index contributed by atoms with van der Waals surface area (Å²) in [5.74, 6) is 1.35. The Morgan fingerprint density at radius 3 is 2.67 bits per heavy atom. The summed E-state index contributed by atoms with van der Waals surface area (Å²) >= 11 is 6.13. The van der Waals surface area contributed by atoms with Gasteiger partial charge in [-0.25, -0.2) is 0 Å². The first kappa shape index (κ1) is 12.0. The molecule has 3 heterocycles. The molecule has 3 saturated heterocycles. The first-order valence-electron chi connectivity index (χ1n) is 6.40. The minimum absolute atomic E-state index is 0.243. The average Bonchev–Trinajstić information content (AvgIpc) is 2.42. The molecule has 4 rings (SSSR count). The van der Waals surface area contributed by atoms with Crippen LogP contribution in [0.1, 0.15) is 23.2 Å². The maximum Gasteiger partial charge on any atom is 0.150 e. The van der Waals surface area contributed by atoms with Gasteiger partial charge >= 0.3 is 0 Å². The second kappa shape index (κ2) is 4.90. The summed E-state index contributed by atoms with van der Waals surface area (Å²) in [5, 5.41) is 0.524. The molecule has 0 aliphatic carbocycles. The molecule has 1 aromatic rings. The van der Waals surface area contributed by atoms with Gasteiger partial charge in [0.25, 0.3) is 0 Å². The SMILES string of the molecule is O=Cc1ccc(OC2CN3CCC2CC3)c(Cl)c1. The normalized spacial score (nSPS) is 30.2. The topological polar surface area (TPSA) is 29.5 Å². The number of fused-ring (bicyclic) bond motifs is 3. The van der Waals surface area contributed by atoms with Crippen LogP contribution >= 0.6 is 11.6 Å². The number of ether oxygens (including phenoxy) is 1. The molecule has 0 saturated carbocycles. The number of carbonyl (C=O) groups excluding carboxylic acids is 1. The smallest absolute Gasteiger partial charge is 0.150 e. The van der Waals surface area contributed by atoms with E-state index in [9.17, 15) is 4.79 Å². The van der Waals surface area contributed by atoms with E-state index in [4.69, 9.17) is 16.3 Å². The Morgan fingerprint density at radius 1 is 1.33 bits per heavy atom. The van der Waals surface area contributed by atoms with Gasteiger partial charge in [-0.05, 0) is 50.0 Å². The molecule has 4 heteroatoms. The molecule has 18 heavy (non-hydrogen) atoms. The summed E-state index contributed by atoms with van der Waals surface area (Å²) in [4.78, 5) is 13.1. The molecule has 96 valence electrons. The minimum Gasteiger partial charge on any atom is -0.487 e. The van der Waals surface area contributed by atoms with Crippen molar-refractivity contribution in [1.82, 2.24) is 4.90 Å². The number of aldehydes is 1. The lowest BCUT2D eigenvalue weighted by molar-refractivity contribution is -0.00771. The Morgan fingerprint density at radius 2 is 2.11 bits per heavy atom. The summed E-state index contributed by atoms with van der Waals surface area (Å²) in [6.45, 7) is 3.39. The minimum atomic E-state index is 0.243. The Hall–Kier alpha value is -1.06. The molecule has 0 radical (unpaired) electrons. The second-order valence-corrected chi connectivity index (χ2v) is 5.51. The monoisotopic (exact) mass is 265 g/mol. The summed E-state index contributed by atoms with van der Waals surface area (Å²) in [7, 11) is 0. The first-order valence-corrected chi connectivity index (χ1v) is 6.78. The van der Waals surface area contributed by atoms with Crippen molar-refractivity contribution in [3.8, 4) is 5.75 Å². The zero-order valence-electron chi connectivity index (χ0n) is 10.1. The van der Waals surface area contributed by atoms with Crippen molar-refractivity contribution in [3.05, 3.63) is 28.8 Å². The molecule has 1 atom stereocenters. The summed E-state index contributed by atoms with van der Waals surface area (Å²) < 4.78 is 6.03. The lowest BCUT2D eigenvalue weighted by Gasteiger charge is -2.44. The average molecular weight is 266 g/mol. The van der Waals surface area contributed by atoms with E-state index < -0.39 is 0 Å². The predicted octanol–water partition coefficient (Wildman–Crippen LogP) is 2.63. The van der Waals surface area contributed by atoms with Crippen LogP contribution in [-0.2, 0) is 0 Å². The standard InChI is InChI=1S/C14H16ClNO2/c15-12-7-10(9-17)1-2-13(12)18-14-8-16-5-3-11(14)4-6-16/h1-2,7,9,11,14H,3-6,8H2. The zero-order chi connectivity index (χ0) is 12.5. The van der Waals surface area contributed by atoms with Crippen LogP contribution in [0.5, 0.6) is 5.75 Å². The number of halogens is 1. The predicted molar refractivity (Wildman–Crippen MR) is 70.4 cm³/mol. The zero-order valence-corrected chi connectivity index (χ0v) is 10.9. The van der Waals surface area contributed by atoms with Crippen LogP contribution < -0.4 is 4.74 Å². The van der Waals surface area contributed by atoms with Gasteiger partial charge in [-0.15, -0.1) is 0 Å². The molecule has 1 unspecified atom stereocenters. The molecule has 0 aromatic heterocycles. The molecular formula is C14H16ClNO2. The van der Waals surface area contributed by atoms with Crippen molar-refractivity contribution in [2.45, 2.75) is 18.9 Å². The van der Waals surface area contributed by atoms with Crippen molar-refractivity contribution in [1.29, 1.82) is 0 Å². The van der Waals surface area contributed by atoms with Gasteiger partial charge in [0.05, 0.1) is 5.02 Å². The highest BCUT2D eigenvalue weighted by molar-refractivity contribution is 6.32. The third-order valence-corrected chi connectivity index (χ3v) is 4.26. The number of benzene rings is 1. The van der Waals surface area contributed by atoms with E-state index in [-0.39, 0.29) is 6.10 Å². The Bertz CT molecular complexity index is 455. The number of hydrogen-bond acceptors (Lipinski definition) is 3. The Balaban J connectivity index is 1.74. The molecular weight excluding hydrogens is 250 g/mol. The molecule has 2 bridgehead atoms. The van der Waals surface area contributed by atoms with E-state index in [1.54, 1.807) is 18.2 Å². The molecule has 0 spiro atoms. The van der Waals surface area contributed by atoms with E-state index in [0.717, 1.165) is 12.8 Å². The molecule has 3 aliphatic heterocycles. The van der Waals surface area contributed by atoms with E-state index in [0.29, 0.717) is 22.3 Å². The van der Waals surface area contributed by atoms with Gasteiger partial charge in [0, 0.05) is 12.1 Å². The lowest BCUT2D eigenvalue weighted by Crippen LogP contribution is -2.52. The highest BCUT2D eigenvalue weighted by Crippen LogP contribution is 2.33. The fourth-order valence-corrected chi connectivity index (χ4v) is 3.13. The highest BCUT2D eigenvalue weighted by Gasteiger charge is 2.35. The number of carbonyl (C=O) groups is 1.